The average Bonchev–Trinajstić information content (AvgIpc) is 2.65. The molecule has 1 saturated carbocycles. The summed E-state index contributed by atoms with van der Waals surface area (Å²) in [5.74, 6) is 3.24. The van der Waals surface area contributed by atoms with Crippen LogP contribution >= 0.6 is 0 Å². The van der Waals surface area contributed by atoms with Gasteiger partial charge in [0.05, 0.1) is 6.54 Å². The fourth-order valence-electron chi connectivity index (χ4n) is 2.58. The van der Waals surface area contributed by atoms with E-state index < -0.39 is 0 Å². The molecule has 3 rings (SSSR count). The smallest absolute Gasteiger partial charge is 0.147 e. The monoisotopic (exact) mass is 220 g/mol. The first-order chi connectivity index (χ1) is 7.93. The molecule has 0 bridgehead atoms. The van der Waals surface area contributed by atoms with E-state index in [1.54, 1.807) is 0 Å². The fourth-order valence-corrected chi connectivity index (χ4v) is 2.58. The molecule has 88 valence electrons. The Morgan fingerprint density at radius 2 is 2.12 bits per heavy atom. The summed E-state index contributed by atoms with van der Waals surface area (Å²) in [6.07, 6.45) is 7.90. The number of nitrogens with zero attached hydrogens (tertiary/aromatic N) is 3. The summed E-state index contributed by atoms with van der Waals surface area (Å²) in [5.41, 5.74) is 0. The van der Waals surface area contributed by atoms with Crippen molar-refractivity contribution in [3.63, 3.8) is 0 Å². The molecule has 1 aromatic heterocycles. The van der Waals surface area contributed by atoms with Gasteiger partial charge in [-0.3, -0.25) is 0 Å². The van der Waals surface area contributed by atoms with Gasteiger partial charge in [-0.15, -0.1) is 10.2 Å². The maximum atomic E-state index is 4.29. The highest BCUT2D eigenvalue weighted by Crippen LogP contribution is 2.25. The van der Waals surface area contributed by atoms with Gasteiger partial charge in [-0.1, -0.05) is 6.42 Å². The van der Waals surface area contributed by atoms with Crippen LogP contribution in [-0.4, -0.2) is 21.3 Å². The fraction of sp³-hybridized carbons (Fsp3) is 0.833. The lowest BCUT2D eigenvalue weighted by molar-refractivity contribution is 0.299. The second-order valence-corrected chi connectivity index (χ2v) is 5.07. The molecule has 0 atom stereocenters. The Balaban J connectivity index is 1.55. The highest BCUT2D eigenvalue weighted by atomic mass is 15.3. The van der Waals surface area contributed by atoms with Crippen LogP contribution in [0.2, 0.25) is 0 Å². The Morgan fingerprint density at radius 3 is 2.94 bits per heavy atom. The Morgan fingerprint density at radius 1 is 1.19 bits per heavy atom. The van der Waals surface area contributed by atoms with Crippen molar-refractivity contribution in [2.24, 2.45) is 5.92 Å². The van der Waals surface area contributed by atoms with Crippen LogP contribution in [0.5, 0.6) is 0 Å². The summed E-state index contributed by atoms with van der Waals surface area (Å²) in [5, 5.41) is 12.1. The summed E-state index contributed by atoms with van der Waals surface area (Å²) in [6.45, 7) is 3.16. The van der Waals surface area contributed by atoms with E-state index in [1.165, 1.54) is 37.9 Å². The standard InChI is InChI=1S/C12H20N4/c1-2-7-16-11(6-1)14-15-12(16)9-13-8-10-4-3-5-10/h10,13H,1-9H2. The molecule has 1 aliphatic carbocycles. The van der Waals surface area contributed by atoms with Gasteiger partial charge >= 0.3 is 0 Å². The van der Waals surface area contributed by atoms with E-state index in [1.807, 2.05) is 0 Å². The van der Waals surface area contributed by atoms with Gasteiger partial charge in [0.1, 0.15) is 11.6 Å². The molecule has 0 amide bonds. The largest absolute Gasteiger partial charge is 0.314 e. The summed E-state index contributed by atoms with van der Waals surface area (Å²) < 4.78 is 2.30. The molecule has 2 heterocycles. The predicted molar refractivity (Wildman–Crippen MR) is 62.0 cm³/mol. The van der Waals surface area contributed by atoms with Crippen LogP contribution in [0.25, 0.3) is 0 Å². The maximum Gasteiger partial charge on any atom is 0.147 e. The number of hydrogen-bond donors (Lipinski definition) is 1. The summed E-state index contributed by atoms with van der Waals surface area (Å²) >= 11 is 0. The molecular formula is C12H20N4. The highest BCUT2D eigenvalue weighted by molar-refractivity contribution is 4.98. The van der Waals surface area contributed by atoms with Gasteiger partial charge in [0, 0.05) is 13.0 Å². The van der Waals surface area contributed by atoms with Crippen molar-refractivity contribution in [3.8, 4) is 0 Å². The van der Waals surface area contributed by atoms with Crippen LogP contribution in [0, 0.1) is 5.92 Å². The third kappa shape index (κ3) is 1.98. The number of fused-ring (bicyclic) bond motifs is 1. The second kappa shape index (κ2) is 4.53. The van der Waals surface area contributed by atoms with Gasteiger partial charge in [-0.2, -0.15) is 0 Å². The van der Waals surface area contributed by atoms with Crippen molar-refractivity contribution < 1.29 is 0 Å². The maximum absolute atomic E-state index is 4.29. The van der Waals surface area contributed by atoms with Gasteiger partial charge in [0.2, 0.25) is 0 Å². The van der Waals surface area contributed by atoms with Crippen molar-refractivity contribution in [2.75, 3.05) is 6.54 Å². The third-order valence-electron chi connectivity index (χ3n) is 3.88. The molecule has 1 aliphatic heterocycles. The Labute approximate surface area is 96.4 Å². The SMILES string of the molecule is C1CCn2c(nnc2CNCC2CCC2)C1. The van der Waals surface area contributed by atoms with E-state index in [4.69, 9.17) is 0 Å². The van der Waals surface area contributed by atoms with Gasteiger partial charge in [-0.25, -0.2) is 0 Å². The van der Waals surface area contributed by atoms with Crippen LogP contribution in [0.4, 0.5) is 0 Å². The van der Waals surface area contributed by atoms with E-state index in [2.05, 4.69) is 20.1 Å². The van der Waals surface area contributed by atoms with E-state index in [0.717, 1.165) is 37.8 Å². The van der Waals surface area contributed by atoms with E-state index in [0.29, 0.717) is 0 Å². The number of aryl methyl sites for hydroxylation is 1. The molecule has 4 nitrogen and oxygen atoms in total. The van der Waals surface area contributed by atoms with Gasteiger partial charge in [0.25, 0.3) is 0 Å². The zero-order valence-corrected chi connectivity index (χ0v) is 9.78. The van der Waals surface area contributed by atoms with Crippen molar-refractivity contribution in [1.82, 2.24) is 20.1 Å². The number of nitrogens with one attached hydrogen (secondary N) is 1. The van der Waals surface area contributed by atoms with E-state index in [-0.39, 0.29) is 0 Å². The summed E-state index contributed by atoms with van der Waals surface area (Å²) in [6, 6.07) is 0. The molecule has 0 saturated heterocycles. The molecule has 4 heteroatoms. The molecule has 1 N–H and O–H groups in total. The van der Waals surface area contributed by atoms with E-state index >= 15 is 0 Å². The first-order valence-corrected chi connectivity index (χ1v) is 6.55. The number of hydrogen-bond acceptors (Lipinski definition) is 3. The van der Waals surface area contributed by atoms with Crippen molar-refractivity contribution in [1.29, 1.82) is 0 Å². The van der Waals surface area contributed by atoms with Crippen molar-refractivity contribution in [3.05, 3.63) is 11.6 Å². The van der Waals surface area contributed by atoms with Gasteiger partial charge in [-0.05, 0) is 38.1 Å². The van der Waals surface area contributed by atoms with Crippen LogP contribution in [0.1, 0.15) is 43.8 Å². The Bertz CT molecular complexity index is 354. The lowest BCUT2D eigenvalue weighted by atomic mass is 9.85. The van der Waals surface area contributed by atoms with Crippen molar-refractivity contribution in [2.45, 2.75) is 51.6 Å². The van der Waals surface area contributed by atoms with Crippen LogP contribution in [0.3, 0.4) is 0 Å². The Kier molecular flexibility index (Phi) is 2.91. The molecular weight excluding hydrogens is 200 g/mol. The van der Waals surface area contributed by atoms with Crippen molar-refractivity contribution >= 4 is 0 Å². The van der Waals surface area contributed by atoms with E-state index in [9.17, 15) is 0 Å². The summed E-state index contributed by atoms with van der Waals surface area (Å²) in [7, 11) is 0. The topological polar surface area (TPSA) is 42.7 Å². The molecule has 0 aromatic carbocycles. The number of aromatic nitrogens is 3. The molecule has 16 heavy (non-hydrogen) atoms. The summed E-state index contributed by atoms with van der Waals surface area (Å²) in [4.78, 5) is 0. The molecule has 1 aromatic rings. The zero-order valence-electron chi connectivity index (χ0n) is 9.78. The lowest BCUT2D eigenvalue weighted by Gasteiger charge is -2.25. The predicted octanol–water partition coefficient (Wildman–Crippen LogP) is 1.50. The Hall–Kier alpha value is -0.900. The van der Waals surface area contributed by atoms with Crippen LogP contribution in [0.15, 0.2) is 0 Å². The minimum absolute atomic E-state index is 0.892. The third-order valence-corrected chi connectivity index (χ3v) is 3.88. The minimum atomic E-state index is 0.892. The number of rotatable bonds is 4. The van der Waals surface area contributed by atoms with Gasteiger partial charge < -0.3 is 9.88 Å². The second-order valence-electron chi connectivity index (χ2n) is 5.07. The molecule has 0 radical (unpaired) electrons. The quantitative estimate of drug-likeness (QED) is 0.836. The molecule has 0 unspecified atom stereocenters. The first kappa shape index (κ1) is 10.3. The van der Waals surface area contributed by atoms with Crippen LogP contribution < -0.4 is 5.32 Å². The highest BCUT2D eigenvalue weighted by Gasteiger charge is 2.18. The minimum Gasteiger partial charge on any atom is -0.314 e. The molecule has 2 aliphatic rings. The van der Waals surface area contributed by atoms with Gasteiger partial charge in [0.15, 0.2) is 0 Å². The zero-order chi connectivity index (χ0) is 10.8. The first-order valence-electron chi connectivity index (χ1n) is 6.55. The lowest BCUT2D eigenvalue weighted by Crippen LogP contribution is -2.28. The normalized spacial score (nSPS) is 20.5. The van der Waals surface area contributed by atoms with Crippen LogP contribution in [-0.2, 0) is 19.5 Å². The molecule has 1 fully saturated rings. The average molecular weight is 220 g/mol. The molecule has 0 spiro atoms.